The van der Waals surface area contributed by atoms with Gasteiger partial charge in [-0.1, -0.05) is 25.5 Å². The average molecular weight is 213 g/mol. The summed E-state index contributed by atoms with van der Waals surface area (Å²) in [6, 6.07) is 6.85. The maximum absolute atomic E-state index is 8.89. The van der Waals surface area contributed by atoms with E-state index in [1.54, 1.807) is 0 Å². The highest BCUT2D eigenvalue weighted by atomic mass is 14.3. The van der Waals surface area contributed by atoms with Crippen LogP contribution in [0.5, 0.6) is 0 Å². The van der Waals surface area contributed by atoms with Crippen LogP contribution in [-0.4, -0.2) is 0 Å². The Morgan fingerprint density at radius 3 is 2.94 bits per heavy atom. The quantitative estimate of drug-likeness (QED) is 0.747. The van der Waals surface area contributed by atoms with Gasteiger partial charge in [0, 0.05) is 6.42 Å². The first-order chi connectivity index (χ1) is 7.77. The number of nitriles is 1. The van der Waals surface area contributed by atoms with Gasteiger partial charge in [-0.2, -0.15) is 5.26 Å². The van der Waals surface area contributed by atoms with Gasteiger partial charge in [0.05, 0.1) is 6.07 Å². The summed E-state index contributed by atoms with van der Waals surface area (Å²) in [7, 11) is 0. The van der Waals surface area contributed by atoms with Crippen LogP contribution >= 0.6 is 0 Å². The number of fused-ring (bicyclic) bond motifs is 1. The lowest BCUT2D eigenvalue weighted by Crippen LogP contribution is -2.01. The van der Waals surface area contributed by atoms with E-state index in [2.05, 4.69) is 32.0 Å². The molecular weight excluding hydrogens is 194 g/mol. The SMILES string of the molecule is CCCc1c(C)ccc2c1[C@H](CC#N)CC2. The van der Waals surface area contributed by atoms with Crippen molar-refractivity contribution in [2.75, 3.05) is 0 Å². The summed E-state index contributed by atoms with van der Waals surface area (Å²) in [6.07, 6.45) is 5.38. The van der Waals surface area contributed by atoms with Crippen molar-refractivity contribution in [3.05, 3.63) is 34.4 Å². The van der Waals surface area contributed by atoms with Crippen LogP contribution in [0.3, 0.4) is 0 Å². The molecule has 0 aromatic heterocycles. The fourth-order valence-corrected chi connectivity index (χ4v) is 2.92. The van der Waals surface area contributed by atoms with E-state index in [0.29, 0.717) is 12.3 Å². The summed E-state index contributed by atoms with van der Waals surface area (Å²) in [4.78, 5) is 0. The molecule has 16 heavy (non-hydrogen) atoms. The summed E-state index contributed by atoms with van der Waals surface area (Å²) >= 11 is 0. The summed E-state index contributed by atoms with van der Waals surface area (Å²) < 4.78 is 0. The molecule has 0 saturated carbocycles. The molecule has 1 aromatic rings. The predicted octanol–water partition coefficient (Wildman–Crippen LogP) is 3.89. The fourth-order valence-electron chi connectivity index (χ4n) is 2.92. The molecule has 2 rings (SSSR count). The van der Waals surface area contributed by atoms with E-state index in [-0.39, 0.29) is 0 Å². The Hall–Kier alpha value is -1.29. The Labute approximate surface area is 98.1 Å². The molecule has 1 aliphatic rings. The zero-order valence-corrected chi connectivity index (χ0v) is 10.2. The van der Waals surface area contributed by atoms with Crippen LogP contribution < -0.4 is 0 Å². The van der Waals surface area contributed by atoms with Crippen molar-refractivity contribution in [1.82, 2.24) is 0 Å². The van der Waals surface area contributed by atoms with E-state index in [9.17, 15) is 0 Å². The van der Waals surface area contributed by atoms with Crippen LogP contribution in [-0.2, 0) is 12.8 Å². The van der Waals surface area contributed by atoms with Gasteiger partial charge in [-0.05, 0) is 54.4 Å². The maximum atomic E-state index is 8.89. The molecule has 0 fully saturated rings. The second kappa shape index (κ2) is 4.70. The van der Waals surface area contributed by atoms with E-state index < -0.39 is 0 Å². The Morgan fingerprint density at radius 1 is 1.44 bits per heavy atom. The fraction of sp³-hybridized carbons (Fsp3) is 0.533. The monoisotopic (exact) mass is 213 g/mol. The highest BCUT2D eigenvalue weighted by Gasteiger charge is 2.25. The van der Waals surface area contributed by atoms with Crippen molar-refractivity contribution in [2.45, 2.75) is 51.9 Å². The summed E-state index contributed by atoms with van der Waals surface area (Å²) in [5, 5.41) is 8.89. The van der Waals surface area contributed by atoms with Crippen molar-refractivity contribution in [3.8, 4) is 6.07 Å². The molecule has 1 nitrogen and oxygen atoms in total. The van der Waals surface area contributed by atoms with Crippen LogP contribution in [0.25, 0.3) is 0 Å². The minimum Gasteiger partial charge on any atom is -0.198 e. The summed E-state index contributed by atoms with van der Waals surface area (Å²) in [6.45, 7) is 4.43. The minimum absolute atomic E-state index is 0.501. The predicted molar refractivity (Wildman–Crippen MR) is 66.5 cm³/mol. The summed E-state index contributed by atoms with van der Waals surface area (Å²) in [5.41, 5.74) is 5.95. The van der Waals surface area contributed by atoms with Gasteiger partial charge in [0.2, 0.25) is 0 Å². The van der Waals surface area contributed by atoms with Gasteiger partial charge in [0.1, 0.15) is 0 Å². The first kappa shape index (κ1) is 11.2. The van der Waals surface area contributed by atoms with E-state index in [0.717, 1.165) is 6.42 Å². The summed E-state index contributed by atoms with van der Waals surface area (Å²) in [5.74, 6) is 0.501. The first-order valence-electron chi connectivity index (χ1n) is 6.26. The molecule has 0 bridgehead atoms. The molecule has 0 unspecified atom stereocenters. The lowest BCUT2D eigenvalue weighted by atomic mass is 9.89. The molecule has 0 heterocycles. The largest absolute Gasteiger partial charge is 0.198 e. The van der Waals surface area contributed by atoms with Crippen LogP contribution in [0.4, 0.5) is 0 Å². The average Bonchev–Trinajstić information content (AvgIpc) is 2.67. The number of benzene rings is 1. The van der Waals surface area contributed by atoms with Gasteiger partial charge in [-0.15, -0.1) is 0 Å². The van der Waals surface area contributed by atoms with Crippen molar-refractivity contribution in [2.24, 2.45) is 0 Å². The third-order valence-corrected chi connectivity index (χ3v) is 3.69. The minimum atomic E-state index is 0.501. The smallest absolute Gasteiger partial charge is 0.0628 e. The normalized spacial score (nSPS) is 18.2. The number of hydrogen-bond donors (Lipinski definition) is 0. The molecule has 0 aliphatic heterocycles. The Bertz CT molecular complexity index is 426. The van der Waals surface area contributed by atoms with Gasteiger partial charge in [-0.3, -0.25) is 0 Å². The van der Waals surface area contributed by atoms with Crippen molar-refractivity contribution in [3.63, 3.8) is 0 Å². The molecule has 1 atom stereocenters. The Balaban J connectivity index is 2.45. The van der Waals surface area contributed by atoms with E-state index >= 15 is 0 Å². The topological polar surface area (TPSA) is 23.8 Å². The second-order valence-electron chi connectivity index (χ2n) is 4.78. The molecule has 0 saturated heterocycles. The molecule has 0 radical (unpaired) electrons. The second-order valence-corrected chi connectivity index (χ2v) is 4.78. The van der Waals surface area contributed by atoms with Crippen molar-refractivity contribution < 1.29 is 0 Å². The van der Waals surface area contributed by atoms with Gasteiger partial charge in [-0.25, -0.2) is 0 Å². The van der Waals surface area contributed by atoms with Gasteiger partial charge in [0.15, 0.2) is 0 Å². The Kier molecular flexibility index (Phi) is 3.29. The molecule has 0 spiro atoms. The molecule has 1 aliphatic carbocycles. The van der Waals surface area contributed by atoms with Gasteiger partial charge < -0.3 is 0 Å². The number of hydrogen-bond acceptors (Lipinski definition) is 1. The van der Waals surface area contributed by atoms with Crippen LogP contribution in [0.2, 0.25) is 0 Å². The van der Waals surface area contributed by atoms with E-state index in [1.807, 2.05) is 0 Å². The molecule has 1 heteroatoms. The van der Waals surface area contributed by atoms with Gasteiger partial charge in [0.25, 0.3) is 0 Å². The lowest BCUT2D eigenvalue weighted by Gasteiger charge is -2.15. The molecule has 84 valence electrons. The van der Waals surface area contributed by atoms with E-state index in [1.165, 1.54) is 41.5 Å². The first-order valence-corrected chi connectivity index (χ1v) is 6.26. The number of nitrogens with zero attached hydrogens (tertiary/aromatic N) is 1. The highest BCUT2D eigenvalue weighted by Crippen LogP contribution is 2.39. The zero-order chi connectivity index (χ0) is 11.5. The third kappa shape index (κ3) is 1.85. The van der Waals surface area contributed by atoms with E-state index in [4.69, 9.17) is 5.26 Å². The molecule has 0 N–H and O–H groups in total. The highest BCUT2D eigenvalue weighted by molar-refractivity contribution is 5.46. The number of rotatable bonds is 3. The standard InChI is InChI=1S/C15H19N/c1-3-4-14-11(2)5-6-12-7-8-13(9-10-16)15(12)14/h5-6,13H,3-4,7-9H2,1-2H3/t13-/m0/s1. The molecular formula is C15H19N. The maximum Gasteiger partial charge on any atom is 0.0628 e. The molecule has 0 amide bonds. The Morgan fingerprint density at radius 2 is 2.25 bits per heavy atom. The third-order valence-electron chi connectivity index (χ3n) is 3.69. The van der Waals surface area contributed by atoms with Crippen molar-refractivity contribution in [1.29, 1.82) is 5.26 Å². The zero-order valence-electron chi connectivity index (χ0n) is 10.2. The van der Waals surface area contributed by atoms with Crippen LogP contribution in [0.1, 0.15) is 54.4 Å². The van der Waals surface area contributed by atoms with Crippen LogP contribution in [0, 0.1) is 18.3 Å². The molecule has 1 aromatic carbocycles. The van der Waals surface area contributed by atoms with Gasteiger partial charge >= 0.3 is 0 Å². The lowest BCUT2D eigenvalue weighted by molar-refractivity contribution is 0.686. The number of aryl methyl sites for hydroxylation is 2. The van der Waals surface area contributed by atoms with Crippen molar-refractivity contribution >= 4 is 0 Å². The van der Waals surface area contributed by atoms with Crippen LogP contribution in [0.15, 0.2) is 12.1 Å².